The number of benzene rings is 1. The number of imide groups is 1. The summed E-state index contributed by atoms with van der Waals surface area (Å²) in [6.45, 7) is 1.04. The minimum atomic E-state index is -1.05. The van der Waals surface area contributed by atoms with E-state index in [2.05, 4.69) is 12.2 Å². The lowest BCUT2D eigenvalue weighted by Gasteiger charge is -2.37. The van der Waals surface area contributed by atoms with E-state index in [0.717, 1.165) is 11.3 Å². The molecular formula is C23H23NO6. The van der Waals surface area contributed by atoms with E-state index in [1.807, 2.05) is 0 Å². The van der Waals surface area contributed by atoms with Crippen molar-refractivity contribution in [2.75, 3.05) is 13.7 Å². The Labute approximate surface area is 174 Å². The second-order valence-corrected chi connectivity index (χ2v) is 8.64. The smallest absolute Gasteiger partial charge is 0.329 e. The van der Waals surface area contributed by atoms with Crippen LogP contribution in [0.4, 0.5) is 0 Å². The third-order valence-corrected chi connectivity index (χ3v) is 7.18. The van der Waals surface area contributed by atoms with Crippen molar-refractivity contribution in [1.82, 2.24) is 4.90 Å². The molecule has 0 spiro atoms. The fourth-order valence-electron chi connectivity index (χ4n) is 5.58. The highest BCUT2D eigenvalue weighted by Crippen LogP contribution is 2.65. The molecule has 0 aromatic heterocycles. The molecule has 2 bridgehead atoms. The van der Waals surface area contributed by atoms with Gasteiger partial charge in [0.15, 0.2) is 12.4 Å². The van der Waals surface area contributed by atoms with Crippen LogP contribution in [0.5, 0.6) is 5.75 Å². The number of hydrogen-bond donors (Lipinski definition) is 0. The molecule has 1 aliphatic heterocycles. The van der Waals surface area contributed by atoms with Crippen LogP contribution in [0.15, 0.2) is 36.4 Å². The lowest BCUT2D eigenvalue weighted by Crippen LogP contribution is -2.45. The van der Waals surface area contributed by atoms with Crippen molar-refractivity contribution in [3.8, 4) is 5.75 Å². The first-order valence-electron chi connectivity index (χ1n) is 10.3. The number of ketones is 1. The molecule has 2 saturated carbocycles. The predicted molar refractivity (Wildman–Crippen MR) is 104 cm³/mol. The minimum Gasteiger partial charge on any atom is -0.497 e. The van der Waals surface area contributed by atoms with E-state index in [-0.39, 0.29) is 41.3 Å². The summed E-state index contributed by atoms with van der Waals surface area (Å²) in [5, 5.41) is 0. The van der Waals surface area contributed by atoms with Crippen molar-refractivity contribution in [1.29, 1.82) is 0 Å². The Morgan fingerprint density at radius 3 is 2.13 bits per heavy atom. The van der Waals surface area contributed by atoms with Crippen molar-refractivity contribution < 1.29 is 28.7 Å². The quantitative estimate of drug-likeness (QED) is 0.308. The van der Waals surface area contributed by atoms with Crippen LogP contribution < -0.4 is 4.74 Å². The average molecular weight is 409 g/mol. The molecule has 7 unspecified atom stereocenters. The first-order chi connectivity index (χ1) is 14.4. The third kappa shape index (κ3) is 2.71. The number of carbonyl (C=O) groups is 4. The van der Waals surface area contributed by atoms with E-state index in [1.54, 1.807) is 24.3 Å². The number of allylic oxidation sites excluding steroid dienone is 2. The number of carbonyl (C=O) groups excluding carboxylic acids is 4. The van der Waals surface area contributed by atoms with Gasteiger partial charge in [0.05, 0.1) is 18.9 Å². The van der Waals surface area contributed by atoms with E-state index in [4.69, 9.17) is 9.47 Å². The van der Waals surface area contributed by atoms with Gasteiger partial charge in [0.2, 0.25) is 11.8 Å². The van der Waals surface area contributed by atoms with Crippen LogP contribution in [0.2, 0.25) is 0 Å². The average Bonchev–Trinajstić information content (AvgIpc) is 3.55. The lowest BCUT2D eigenvalue weighted by atomic mass is 9.63. The standard InChI is InChI=1S/C23H23NO6/c1-11(23(28)30-10-18(25)12-3-5-13(29-2)6-4-12)24-21(26)19-14-7-8-15(17-9-16(14)17)20(19)22(24)27/h3-8,11,14-17,19-20H,9-10H2,1-2H3. The van der Waals surface area contributed by atoms with E-state index < -0.39 is 18.6 Å². The molecule has 2 amide bonds. The highest BCUT2D eigenvalue weighted by atomic mass is 16.5. The molecule has 7 nitrogen and oxygen atoms in total. The van der Waals surface area contributed by atoms with Gasteiger partial charge in [-0.15, -0.1) is 0 Å². The zero-order chi connectivity index (χ0) is 21.2. The highest BCUT2D eigenvalue weighted by molar-refractivity contribution is 6.09. The summed E-state index contributed by atoms with van der Waals surface area (Å²) in [6, 6.07) is 5.42. The van der Waals surface area contributed by atoms with Crippen LogP contribution >= 0.6 is 0 Å². The summed E-state index contributed by atoms with van der Waals surface area (Å²) in [5.74, 6) is -0.551. The van der Waals surface area contributed by atoms with Gasteiger partial charge in [-0.05, 0) is 61.3 Å². The minimum absolute atomic E-state index is 0.103. The Hall–Kier alpha value is -2.96. The Balaban J connectivity index is 1.24. The van der Waals surface area contributed by atoms with Gasteiger partial charge in [-0.3, -0.25) is 19.3 Å². The van der Waals surface area contributed by atoms with Gasteiger partial charge in [-0.25, -0.2) is 4.79 Å². The van der Waals surface area contributed by atoms with E-state index in [1.165, 1.54) is 14.0 Å². The number of esters is 1. The molecule has 1 heterocycles. The summed E-state index contributed by atoms with van der Waals surface area (Å²) >= 11 is 0. The monoisotopic (exact) mass is 409 g/mol. The zero-order valence-corrected chi connectivity index (χ0v) is 16.8. The molecule has 5 aliphatic rings. The highest BCUT2D eigenvalue weighted by Gasteiger charge is 2.67. The second kappa shape index (κ2) is 6.79. The summed E-state index contributed by atoms with van der Waals surface area (Å²) < 4.78 is 10.2. The topological polar surface area (TPSA) is 90.0 Å². The molecule has 30 heavy (non-hydrogen) atoms. The van der Waals surface area contributed by atoms with Gasteiger partial charge in [-0.2, -0.15) is 0 Å². The molecule has 156 valence electrons. The number of hydrogen-bond acceptors (Lipinski definition) is 6. The summed E-state index contributed by atoms with van der Waals surface area (Å²) in [6.07, 6.45) is 5.26. The molecule has 1 saturated heterocycles. The number of amides is 2. The number of likely N-dealkylation sites (tertiary alicyclic amines) is 1. The van der Waals surface area contributed by atoms with Gasteiger partial charge >= 0.3 is 5.97 Å². The zero-order valence-electron chi connectivity index (χ0n) is 16.8. The normalized spacial score (nSPS) is 33.7. The maximum absolute atomic E-state index is 13.1. The third-order valence-electron chi connectivity index (χ3n) is 7.18. The first kappa shape index (κ1) is 19.0. The van der Waals surface area contributed by atoms with Crippen molar-refractivity contribution in [2.24, 2.45) is 35.5 Å². The van der Waals surface area contributed by atoms with E-state index >= 15 is 0 Å². The number of methoxy groups -OCH3 is 1. The molecule has 6 rings (SSSR count). The second-order valence-electron chi connectivity index (χ2n) is 8.64. The largest absolute Gasteiger partial charge is 0.497 e. The van der Waals surface area contributed by atoms with Crippen LogP contribution in [-0.4, -0.2) is 48.2 Å². The number of ether oxygens (including phenoxy) is 2. The Kier molecular flexibility index (Phi) is 4.31. The molecule has 4 aliphatic carbocycles. The molecule has 0 radical (unpaired) electrons. The van der Waals surface area contributed by atoms with Crippen LogP contribution in [0.3, 0.4) is 0 Å². The first-order valence-corrected chi connectivity index (χ1v) is 10.3. The van der Waals surface area contributed by atoms with Crippen molar-refractivity contribution in [3.63, 3.8) is 0 Å². The Morgan fingerprint density at radius 2 is 1.60 bits per heavy atom. The number of Topliss-reactive ketones (excluding diaryl/α,β-unsaturated/α-hetero) is 1. The predicted octanol–water partition coefficient (Wildman–Crippen LogP) is 1.86. The van der Waals surface area contributed by atoms with Gasteiger partial charge < -0.3 is 9.47 Å². The van der Waals surface area contributed by atoms with E-state index in [0.29, 0.717) is 23.1 Å². The fourth-order valence-corrected chi connectivity index (χ4v) is 5.58. The Morgan fingerprint density at radius 1 is 1.03 bits per heavy atom. The summed E-state index contributed by atoms with van der Waals surface area (Å²) in [4.78, 5) is 52.0. The van der Waals surface area contributed by atoms with E-state index in [9.17, 15) is 19.2 Å². The van der Waals surface area contributed by atoms with Crippen LogP contribution in [-0.2, 0) is 19.1 Å². The molecule has 1 aromatic rings. The van der Waals surface area contributed by atoms with Crippen molar-refractivity contribution in [2.45, 2.75) is 19.4 Å². The van der Waals surface area contributed by atoms with Crippen LogP contribution in [0.1, 0.15) is 23.7 Å². The molecule has 1 aromatic carbocycles. The van der Waals surface area contributed by atoms with Crippen molar-refractivity contribution >= 4 is 23.6 Å². The van der Waals surface area contributed by atoms with Crippen molar-refractivity contribution in [3.05, 3.63) is 42.0 Å². The summed E-state index contributed by atoms with van der Waals surface area (Å²) in [7, 11) is 1.53. The SMILES string of the molecule is COc1ccc(C(=O)COC(=O)C(C)N2C(=O)C3C4C=CC(C5CC45)C3C2=O)cc1. The molecule has 7 atom stereocenters. The molecule has 0 N–H and O–H groups in total. The van der Waals surface area contributed by atoms with Gasteiger partial charge in [-0.1, -0.05) is 12.2 Å². The number of rotatable bonds is 6. The van der Waals surface area contributed by atoms with Gasteiger partial charge in [0, 0.05) is 5.56 Å². The van der Waals surface area contributed by atoms with Crippen LogP contribution in [0, 0.1) is 35.5 Å². The Bertz CT molecular complexity index is 930. The maximum Gasteiger partial charge on any atom is 0.329 e. The molecule has 3 fully saturated rings. The lowest BCUT2D eigenvalue weighted by molar-refractivity contribution is -0.157. The molecule has 7 heteroatoms. The van der Waals surface area contributed by atoms with Crippen LogP contribution in [0.25, 0.3) is 0 Å². The number of nitrogens with zero attached hydrogens (tertiary/aromatic N) is 1. The van der Waals surface area contributed by atoms with Gasteiger partial charge in [0.1, 0.15) is 11.8 Å². The van der Waals surface area contributed by atoms with Gasteiger partial charge in [0.25, 0.3) is 0 Å². The molecular weight excluding hydrogens is 386 g/mol. The fraction of sp³-hybridized carbons (Fsp3) is 0.478. The maximum atomic E-state index is 13.1. The summed E-state index contributed by atoms with van der Waals surface area (Å²) in [5.41, 5.74) is 0.387.